The van der Waals surface area contributed by atoms with Gasteiger partial charge in [0.1, 0.15) is 30.6 Å². The number of anilines is 1. The molecular formula is C23H28FN5O4. The first-order valence-corrected chi connectivity index (χ1v) is 11.7. The van der Waals surface area contributed by atoms with Crippen LogP contribution in [-0.4, -0.2) is 48.5 Å². The topological polar surface area (TPSA) is 104 Å². The first-order valence-electron chi connectivity index (χ1n) is 11.7. The number of aryl methyl sites for hydroxylation is 1. The van der Waals surface area contributed by atoms with Gasteiger partial charge in [-0.1, -0.05) is 18.1 Å². The van der Waals surface area contributed by atoms with Crippen molar-refractivity contribution in [2.45, 2.75) is 57.3 Å². The van der Waals surface area contributed by atoms with Gasteiger partial charge in [-0.25, -0.2) is 4.39 Å². The lowest BCUT2D eigenvalue weighted by Crippen LogP contribution is -3.24. The fourth-order valence-corrected chi connectivity index (χ4v) is 5.75. The van der Waals surface area contributed by atoms with E-state index in [0.29, 0.717) is 25.3 Å². The molecule has 0 bridgehead atoms. The van der Waals surface area contributed by atoms with Crippen molar-refractivity contribution < 1.29 is 23.9 Å². The van der Waals surface area contributed by atoms with Gasteiger partial charge in [0, 0.05) is 24.5 Å². The summed E-state index contributed by atoms with van der Waals surface area (Å²) in [5.74, 6) is -2.19. The third-order valence-corrected chi connectivity index (χ3v) is 7.39. The summed E-state index contributed by atoms with van der Waals surface area (Å²) in [5, 5.41) is 22.3. The molecule has 1 N–H and O–H groups in total. The van der Waals surface area contributed by atoms with Gasteiger partial charge in [0.05, 0.1) is 30.3 Å². The normalized spacial score (nSPS) is 25.9. The van der Waals surface area contributed by atoms with Crippen LogP contribution in [0.3, 0.4) is 0 Å². The van der Waals surface area contributed by atoms with Gasteiger partial charge >= 0.3 is 0 Å². The summed E-state index contributed by atoms with van der Waals surface area (Å²) in [5.41, 5.74) is -1.00. The van der Waals surface area contributed by atoms with Gasteiger partial charge in [-0.3, -0.25) is 4.79 Å². The molecule has 0 spiro atoms. The smallest absolute Gasteiger partial charge is 0.219 e. The molecule has 5 rings (SSSR count). The summed E-state index contributed by atoms with van der Waals surface area (Å²) in [6, 6.07) is 2.70. The molecule has 2 atom stereocenters. The third-order valence-electron chi connectivity index (χ3n) is 7.39. The quantitative estimate of drug-likeness (QED) is 0.726. The molecular weight excluding hydrogens is 429 g/mol. The zero-order valence-electron chi connectivity index (χ0n) is 18.7. The minimum atomic E-state index is -1.57. The molecule has 1 saturated carbocycles. The Hall–Kier alpha value is -2.85. The number of carbonyl (C=O) groups is 1. The number of carboxylic acids is 1. The van der Waals surface area contributed by atoms with Crippen molar-refractivity contribution in [1.29, 1.82) is 0 Å². The number of quaternary nitrogens is 1. The number of hydrogen-bond donors (Lipinski definition) is 1. The highest BCUT2D eigenvalue weighted by atomic mass is 19.1. The van der Waals surface area contributed by atoms with Crippen LogP contribution in [0, 0.1) is 5.82 Å². The molecule has 10 heteroatoms. The number of rotatable bonds is 4. The third kappa shape index (κ3) is 3.43. The number of carboxylic acid groups (broad SMARTS) is 1. The number of aromatic nitrogens is 1. The number of halogens is 1. The molecule has 1 aliphatic carbocycles. The van der Waals surface area contributed by atoms with Crippen molar-refractivity contribution in [3.63, 3.8) is 0 Å². The average Bonchev–Trinajstić information content (AvgIpc) is 3.04. The van der Waals surface area contributed by atoms with E-state index in [4.69, 9.17) is 4.74 Å². The van der Waals surface area contributed by atoms with Crippen molar-refractivity contribution in [2.24, 2.45) is 10.3 Å². The van der Waals surface area contributed by atoms with E-state index in [-0.39, 0.29) is 17.1 Å². The number of ether oxygens (including phenoxy) is 1. The van der Waals surface area contributed by atoms with Crippen molar-refractivity contribution in [1.82, 2.24) is 4.57 Å². The molecule has 2 aromatic rings. The molecule has 1 aromatic carbocycles. The second kappa shape index (κ2) is 8.49. The number of nitrogens with one attached hydrogen (secondary N) is 1. The zero-order valence-corrected chi connectivity index (χ0v) is 18.7. The van der Waals surface area contributed by atoms with Crippen molar-refractivity contribution >= 4 is 22.6 Å². The summed E-state index contributed by atoms with van der Waals surface area (Å²) < 4.78 is 22.9. The summed E-state index contributed by atoms with van der Waals surface area (Å²) in [4.78, 5) is 25.5. The number of fused-ring (bicyclic) bond motifs is 2. The van der Waals surface area contributed by atoms with Gasteiger partial charge < -0.3 is 24.1 Å². The molecule has 33 heavy (non-hydrogen) atoms. The second-order valence-electron chi connectivity index (χ2n) is 9.04. The number of nitrogens with zero attached hydrogens (tertiary/aromatic N) is 4. The van der Waals surface area contributed by atoms with E-state index < -0.39 is 28.4 Å². The number of benzene rings is 1. The Morgan fingerprint density at radius 3 is 2.82 bits per heavy atom. The van der Waals surface area contributed by atoms with Gasteiger partial charge in [-0.05, 0) is 31.9 Å². The minimum Gasteiger partial charge on any atom is -0.545 e. The predicted octanol–water partition coefficient (Wildman–Crippen LogP) is 0.655. The van der Waals surface area contributed by atoms with Gasteiger partial charge in [0.15, 0.2) is 5.43 Å². The summed E-state index contributed by atoms with van der Waals surface area (Å²) in [6.45, 7) is 5.11. The van der Waals surface area contributed by atoms with Crippen LogP contribution in [0.5, 0.6) is 0 Å². The van der Waals surface area contributed by atoms with E-state index >= 15 is 4.39 Å². The van der Waals surface area contributed by atoms with Crippen LogP contribution in [0.1, 0.15) is 49.4 Å². The molecule has 3 heterocycles. The molecule has 1 saturated heterocycles. The fourth-order valence-electron chi connectivity index (χ4n) is 5.75. The predicted molar refractivity (Wildman–Crippen MR) is 117 cm³/mol. The SMILES string of the molecule is CCn1cc(C(=O)[O-])c(=O)c2cc(F)c(N3N=NC4CCCCCC43[NH+]3CCOCC3)cc21. The average molecular weight is 458 g/mol. The van der Waals surface area contributed by atoms with Crippen LogP contribution in [-0.2, 0) is 11.3 Å². The molecule has 176 valence electrons. The first kappa shape index (κ1) is 22.0. The highest BCUT2D eigenvalue weighted by Gasteiger charge is 2.58. The lowest BCUT2D eigenvalue weighted by molar-refractivity contribution is -0.960. The number of morpholine rings is 1. The monoisotopic (exact) mass is 457 g/mol. The van der Waals surface area contributed by atoms with Gasteiger partial charge in [0.25, 0.3) is 0 Å². The van der Waals surface area contributed by atoms with Crippen molar-refractivity contribution in [2.75, 3.05) is 31.3 Å². The summed E-state index contributed by atoms with van der Waals surface area (Å²) >= 11 is 0. The Bertz CT molecular complexity index is 1180. The highest BCUT2D eigenvalue weighted by Crippen LogP contribution is 2.40. The standard InChI is InChI=1S/C23H28FN5O4/c1-2-27-14-16(22(31)32)21(30)15-12-17(24)19(13-18(15)27)29-23(28-8-10-33-11-9-28)7-5-3-4-6-20(23)25-26-29/h12-14,20H,2-11H2,1H3,(H,31,32). The van der Waals surface area contributed by atoms with E-state index in [9.17, 15) is 14.7 Å². The van der Waals surface area contributed by atoms with Crippen LogP contribution >= 0.6 is 0 Å². The largest absolute Gasteiger partial charge is 0.545 e. The minimum absolute atomic E-state index is 0.0149. The molecule has 1 aromatic heterocycles. The van der Waals surface area contributed by atoms with E-state index in [2.05, 4.69) is 10.3 Å². The molecule has 2 aliphatic heterocycles. The Labute approximate surface area is 190 Å². The summed E-state index contributed by atoms with van der Waals surface area (Å²) in [7, 11) is 0. The van der Waals surface area contributed by atoms with Gasteiger partial charge in [0.2, 0.25) is 5.66 Å². The van der Waals surface area contributed by atoms with Crippen LogP contribution in [0.2, 0.25) is 0 Å². The number of pyridine rings is 1. The van der Waals surface area contributed by atoms with Crippen LogP contribution in [0.15, 0.2) is 33.5 Å². The number of hydrogen-bond acceptors (Lipinski definition) is 7. The molecule has 2 unspecified atom stereocenters. The highest BCUT2D eigenvalue weighted by molar-refractivity contribution is 5.92. The van der Waals surface area contributed by atoms with Crippen molar-refractivity contribution in [3.8, 4) is 0 Å². The van der Waals surface area contributed by atoms with Crippen LogP contribution in [0.4, 0.5) is 10.1 Å². The van der Waals surface area contributed by atoms with E-state index in [1.165, 1.54) is 11.1 Å². The maximum atomic E-state index is 15.6. The van der Waals surface area contributed by atoms with Crippen LogP contribution < -0.4 is 20.4 Å². The van der Waals surface area contributed by atoms with Crippen LogP contribution in [0.25, 0.3) is 10.9 Å². The van der Waals surface area contributed by atoms with Gasteiger partial charge in [-0.15, -0.1) is 0 Å². The molecule has 2 fully saturated rings. The molecule has 0 amide bonds. The molecule has 3 aliphatic rings. The van der Waals surface area contributed by atoms with E-state index in [1.807, 2.05) is 6.92 Å². The molecule has 0 radical (unpaired) electrons. The fraction of sp³-hybridized carbons (Fsp3) is 0.565. The first-order chi connectivity index (χ1) is 16.0. The maximum Gasteiger partial charge on any atom is 0.219 e. The Kier molecular flexibility index (Phi) is 5.65. The summed E-state index contributed by atoms with van der Waals surface area (Å²) in [6.07, 6.45) is 6.17. The Morgan fingerprint density at radius 1 is 1.30 bits per heavy atom. The van der Waals surface area contributed by atoms with E-state index in [0.717, 1.165) is 51.3 Å². The van der Waals surface area contributed by atoms with E-state index in [1.54, 1.807) is 15.6 Å². The van der Waals surface area contributed by atoms with Gasteiger partial charge in [-0.2, -0.15) is 10.1 Å². The second-order valence-corrected chi connectivity index (χ2v) is 9.04. The number of aromatic carboxylic acids is 1. The van der Waals surface area contributed by atoms with Crippen molar-refractivity contribution in [3.05, 3.63) is 39.9 Å². The number of carbonyl (C=O) groups excluding carboxylic acids is 1. The maximum absolute atomic E-state index is 15.6. The molecule has 9 nitrogen and oxygen atoms in total. The lowest BCUT2D eigenvalue weighted by Gasteiger charge is -2.45. The zero-order chi connectivity index (χ0) is 23.2. The lowest BCUT2D eigenvalue weighted by atomic mass is 9.91. The Morgan fingerprint density at radius 2 is 2.09 bits per heavy atom. The Balaban J connectivity index is 1.69.